The van der Waals surface area contributed by atoms with Gasteiger partial charge in [-0.2, -0.15) is 0 Å². The van der Waals surface area contributed by atoms with E-state index in [1.165, 1.54) is 31.2 Å². The Bertz CT molecular complexity index is 306. The molecular weight excluding hydrogens is 156 g/mol. The molecule has 0 saturated carbocycles. The van der Waals surface area contributed by atoms with Crippen LogP contribution >= 0.6 is 0 Å². The molecule has 1 aliphatic rings. The Labute approximate surface area is 80.3 Å². The van der Waals surface area contributed by atoms with Crippen molar-refractivity contribution in [3.8, 4) is 0 Å². The summed E-state index contributed by atoms with van der Waals surface area (Å²) in [6.45, 7) is 2.28. The topological polar surface area (TPSA) is 0 Å². The van der Waals surface area contributed by atoms with Gasteiger partial charge >= 0.3 is 0 Å². The number of benzene rings is 1. The molecule has 0 radical (unpaired) electrons. The molecule has 0 spiro atoms. The largest absolute Gasteiger partial charge is 0.0695 e. The predicted molar refractivity (Wildman–Crippen MR) is 57.5 cm³/mol. The number of hydrogen-bond acceptors (Lipinski definition) is 0. The van der Waals surface area contributed by atoms with Crippen LogP contribution in [0.25, 0.3) is 5.57 Å². The average molecular weight is 172 g/mol. The number of rotatable bonds is 1. The van der Waals surface area contributed by atoms with E-state index in [2.05, 4.69) is 37.3 Å². The fourth-order valence-corrected chi connectivity index (χ4v) is 2.09. The van der Waals surface area contributed by atoms with Crippen LogP contribution in [0.15, 0.2) is 35.9 Å². The number of allylic oxidation sites excluding steroid dienone is 2. The van der Waals surface area contributed by atoms with E-state index in [1.807, 2.05) is 0 Å². The highest BCUT2D eigenvalue weighted by atomic mass is 14.1. The molecule has 1 aliphatic carbocycles. The minimum Gasteiger partial charge on any atom is -0.0695 e. The Kier molecular flexibility index (Phi) is 2.49. The summed E-state index contributed by atoms with van der Waals surface area (Å²) in [5.74, 6) is 0. The van der Waals surface area contributed by atoms with Crippen molar-refractivity contribution in [2.75, 3.05) is 0 Å². The molecule has 0 fully saturated rings. The maximum atomic E-state index is 2.28. The molecule has 0 atom stereocenters. The van der Waals surface area contributed by atoms with Gasteiger partial charge in [-0.05, 0) is 43.7 Å². The van der Waals surface area contributed by atoms with Crippen LogP contribution in [0, 0.1) is 0 Å². The Balaban J connectivity index is 2.35. The summed E-state index contributed by atoms with van der Waals surface area (Å²) in [7, 11) is 0. The maximum Gasteiger partial charge on any atom is -0.0225 e. The Morgan fingerprint density at radius 1 is 0.923 bits per heavy atom. The fourth-order valence-electron chi connectivity index (χ4n) is 2.09. The van der Waals surface area contributed by atoms with Crippen molar-refractivity contribution in [2.24, 2.45) is 0 Å². The summed E-state index contributed by atoms with van der Waals surface area (Å²) in [5, 5.41) is 0. The summed E-state index contributed by atoms with van der Waals surface area (Å²) < 4.78 is 0. The predicted octanol–water partition coefficient (Wildman–Crippen LogP) is 4.03. The Morgan fingerprint density at radius 3 is 2.31 bits per heavy atom. The van der Waals surface area contributed by atoms with Gasteiger partial charge < -0.3 is 0 Å². The van der Waals surface area contributed by atoms with Gasteiger partial charge in [-0.25, -0.2) is 0 Å². The Hall–Kier alpha value is -1.04. The first-order chi connectivity index (χ1) is 6.38. The molecule has 13 heavy (non-hydrogen) atoms. The number of hydrogen-bond donors (Lipinski definition) is 0. The van der Waals surface area contributed by atoms with Crippen molar-refractivity contribution >= 4 is 5.57 Å². The van der Waals surface area contributed by atoms with Crippen LogP contribution in [0.2, 0.25) is 0 Å². The fraction of sp³-hybridized carbons (Fsp3) is 0.385. The zero-order valence-corrected chi connectivity index (χ0v) is 8.22. The molecule has 1 aromatic carbocycles. The van der Waals surface area contributed by atoms with E-state index in [4.69, 9.17) is 0 Å². The van der Waals surface area contributed by atoms with E-state index >= 15 is 0 Å². The molecule has 1 aromatic rings. The molecule has 0 saturated heterocycles. The molecule has 0 nitrogen and oxygen atoms in total. The highest BCUT2D eigenvalue weighted by Gasteiger charge is 2.09. The Morgan fingerprint density at radius 2 is 1.62 bits per heavy atom. The monoisotopic (exact) mass is 172 g/mol. The lowest BCUT2D eigenvalue weighted by Crippen LogP contribution is -1.96. The molecule has 0 amide bonds. The normalized spacial score (nSPS) is 17.6. The van der Waals surface area contributed by atoms with Gasteiger partial charge in [0.05, 0.1) is 0 Å². The van der Waals surface area contributed by atoms with Crippen molar-refractivity contribution in [2.45, 2.75) is 32.6 Å². The lowest BCUT2D eigenvalue weighted by atomic mass is 9.88. The van der Waals surface area contributed by atoms with Crippen LogP contribution in [-0.2, 0) is 0 Å². The van der Waals surface area contributed by atoms with Crippen molar-refractivity contribution in [1.29, 1.82) is 0 Å². The molecule has 0 unspecified atom stereocenters. The standard InChI is InChI=1S/C13H16/c1-11-7-5-6-10-13(11)12-8-3-2-4-9-12/h2-4,8-9H,5-7,10H2,1H3. The van der Waals surface area contributed by atoms with Gasteiger partial charge in [0.2, 0.25) is 0 Å². The molecule has 2 rings (SSSR count). The van der Waals surface area contributed by atoms with E-state index in [1.54, 1.807) is 11.1 Å². The molecule has 0 aromatic heterocycles. The molecule has 0 bridgehead atoms. The third kappa shape index (κ3) is 1.82. The maximum absolute atomic E-state index is 2.28. The van der Waals surface area contributed by atoms with Crippen LogP contribution in [0.5, 0.6) is 0 Å². The van der Waals surface area contributed by atoms with Crippen LogP contribution in [0.3, 0.4) is 0 Å². The molecule has 68 valence electrons. The van der Waals surface area contributed by atoms with Crippen molar-refractivity contribution in [3.63, 3.8) is 0 Å². The summed E-state index contributed by atoms with van der Waals surface area (Å²) in [5.41, 5.74) is 4.61. The van der Waals surface area contributed by atoms with Crippen LogP contribution in [0.1, 0.15) is 38.2 Å². The lowest BCUT2D eigenvalue weighted by Gasteiger charge is -2.17. The molecular formula is C13H16. The van der Waals surface area contributed by atoms with Gasteiger partial charge in [-0.15, -0.1) is 0 Å². The summed E-state index contributed by atoms with van der Waals surface area (Å²) in [4.78, 5) is 0. The summed E-state index contributed by atoms with van der Waals surface area (Å²) in [6, 6.07) is 10.8. The lowest BCUT2D eigenvalue weighted by molar-refractivity contribution is 0.714. The minimum absolute atomic E-state index is 1.27. The SMILES string of the molecule is CC1=C(c2ccccc2)CCCC1. The van der Waals surface area contributed by atoms with Crippen molar-refractivity contribution < 1.29 is 0 Å². The van der Waals surface area contributed by atoms with E-state index in [-0.39, 0.29) is 0 Å². The quantitative estimate of drug-likeness (QED) is 0.600. The van der Waals surface area contributed by atoms with E-state index in [9.17, 15) is 0 Å². The van der Waals surface area contributed by atoms with E-state index < -0.39 is 0 Å². The molecule has 0 heteroatoms. The van der Waals surface area contributed by atoms with Crippen LogP contribution in [0.4, 0.5) is 0 Å². The van der Waals surface area contributed by atoms with E-state index in [0.717, 1.165) is 0 Å². The second-order valence-corrected chi connectivity index (χ2v) is 3.83. The molecule has 0 aliphatic heterocycles. The second-order valence-electron chi connectivity index (χ2n) is 3.83. The van der Waals surface area contributed by atoms with Crippen molar-refractivity contribution in [1.82, 2.24) is 0 Å². The second kappa shape index (κ2) is 3.78. The van der Waals surface area contributed by atoms with Gasteiger partial charge in [0.15, 0.2) is 0 Å². The third-order valence-corrected chi connectivity index (χ3v) is 2.87. The summed E-state index contributed by atoms with van der Waals surface area (Å²) >= 11 is 0. The first-order valence-corrected chi connectivity index (χ1v) is 5.12. The first-order valence-electron chi connectivity index (χ1n) is 5.12. The van der Waals surface area contributed by atoms with Crippen LogP contribution < -0.4 is 0 Å². The average Bonchev–Trinajstić information content (AvgIpc) is 2.20. The van der Waals surface area contributed by atoms with Gasteiger partial charge in [0, 0.05) is 0 Å². The van der Waals surface area contributed by atoms with Crippen molar-refractivity contribution in [3.05, 3.63) is 41.5 Å². The van der Waals surface area contributed by atoms with E-state index in [0.29, 0.717) is 0 Å². The molecule has 0 N–H and O–H groups in total. The third-order valence-electron chi connectivity index (χ3n) is 2.87. The molecule has 0 heterocycles. The minimum atomic E-state index is 1.27. The van der Waals surface area contributed by atoms with Gasteiger partial charge in [-0.1, -0.05) is 35.9 Å². The zero-order valence-electron chi connectivity index (χ0n) is 8.22. The van der Waals surface area contributed by atoms with Crippen LogP contribution in [-0.4, -0.2) is 0 Å². The smallest absolute Gasteiger partial charge is 0.0225 e. The zero-order chi connectivity index (χ0) is 9.10. The highest BCUT2D eigenvalue weighted by molar-refractivity contribution is 5.68. The summed E-state index contributed by atoms with van der Waals surface area (Å²) in [6.07, 6.45) is 5.31. The van der Waals surface area contributed by atoms with Gasteiger partial charge in [0.25, 0.3) is 0 Å². The van der Waals surface area contributed by atoms with Gasteiger partial charge in [-0.3, -0.25) is 0 Å². The first kappa shape index (κ1) is 8.55. The van der Waals surface area contributed by atoms with Gasteiger partial charge in [0.1, 0.15) is 0 Å². The highest BCUT2D eigenvalue weighted by Crippen LogP contribution is 2.31.